The van der Waals surface area contributed by atoms with E-state index in [1.54, 1.807) is 14.0 Å². The van der Waals surface area contributed by atoms with Crippen LogP contribution in [-0.2, 0) is 4.79 Å². The molecule has 0 saturated carbocycles. The maximum atomic E-state index is 10.1. The summed E-state index contributed by atoms with van der Waals surface area (Å²) in [6.45, 7) is 1.71. The minimum absolute atomic E-state index is 0. The zero-order chi connectivity index (χ0) is 5.86. The molecule has 1 amide bonds. The average molecular weight is 139 g/mol. The smallest absolute Gasteiger partial charge is 0.234 e. The predicted octanol–water partition coefficient (Wildman–Crippen LogP) is -0.499. The highest BCUT2D eigenvalue weighted by molar-refractivity contribution is 5.85. The Morgan fingerprint density at radius 3 is 2.12 bits per heavy atom. The Labute approximate surface area is 55.0 Å². The number of rotatable bonds is 2. The molecule has 0 fully saturated rings. The number of nitrogens with one attached hydrogen (secondary N) is 1. The summed E-state index contributed by atoms with van der Waals surface area (Å²) in [5, 5.41) is 2.69. The molecule has 0 aromatic heterocycles. The molecule has 0 aromatic rings. The van der Waals surface area contributed by atoms with Crippen molar-refractivity contribution in [1.82, 2.24) is 5.32 Å². The normalized spacial score (nSPS) is 11.8. The van der Waals surface area contributed by atoms with Crippen molar-refractivity contribution in [2.75, 3.05) is 7.05 Å². The Balaban J connectivity index is 0. The minimum atomic E-state index is -0.317. The largest absolute Gasteiger partial charge is 0.368 e. The molecule has 4 heteroatoms. The third-order valence-corrected chi connectivity index (χ3v) is 0.860. The summed E-state index contributed by atoms with van der Waals surface area (Å²) >= 11 is 0. The number of amides is 1. The van der Waals surface area contributed by atoms with Crippen molar-refractivity contribution in [2.24, 2.45) is 5.73 Å². The summed E-state index contributed by atoms with van der Waals surface area (Å²) < 4.78 is 0. The molecule has 3 N–H and O–H groups in total. The fourth-order valence-corrected chi connectivity index (χ4v) is 0.142. The van der Waals surface area contributed by atoms with Gasteiger partial charge < -0.3 is 11.1 Å². The summed E-state index contributed by atoms with van der Waals surface area (Å²) in [5.41, 5.74) is 4.85. The Morgan fingerprint density at radius 1 is 1.75 bits per heavy atom. The van der Waals surface area contributed by atoms with Crippen LogP contribution in [0.4, 0.5) is 0 Å². The summed E-state index contributed by atoms with van der Waals surface area (Å²) in [6.07, 6.45) is 0. The molecule has 0 saturated heterocycles. The van der Waals surface area contributed by atoms with E-state index in [1.807, 2.05) is 0 Å². The predicted molar refractivity (Wildman–Crippen MR) is 35.0 cm³/mol. The molecule has 0 rings (SSSR count). The van der Waals surface area contributed by atoms with E-state index < -0.39 is 0 Å². The van der Waals surface area contributed by atoms with Gasteiger partial charge in [-0.05, 0) is 14.0 Å². The standard InChI is InChI=1S/C4H10N2O.ClH/c1-3(6-2)4(5)7;/h3,6H,1-2H3,(H2,5,7);1H. The lowest BCUT2D eigenvalue weighted by Crippen LogP contribution is -2.36. The van der Waals surface area contributed by atoms with E-state index in [4.69, 9.17) is 5.73 Å². The van der Waals surface area contributed by atoms with Crippen LogP contribution in [0, 0.1) is 0 Å². The second-order valence-electron chi connectivity index (χ2n) is 1.41. The van der Waals surface area contributed by atoms with E-state index in [-0.39, 0.29) is 24.4 Å². The van der Waals surface area contributed by atoms with E-state index in [1.165, 1.54) is 0 Å². The zero-order valence-corrected chi connectivity index (χ0v) is 5.79. The van der Waals surface area contributed by atoms with E-state index >= 15 is 0 Å². The lowest BCUT2D eigenvalue weighted by Gasteiger charge is -2.01. The fourth-order valence-electron chi connectivity index (χ4n) is 0.142. The van der Waals surface area contributed by atoms with Gasteiger partial charge in [0.2, 0.25) is 5.91 Å². The van der Waals surface area contributed by atoms with Crippen molar-refractivity contribution in [3.63, 3.8) is 0 Å². The van der Waals surface area contributed by atoms with Gasteiger partial charge in [0.05, 0.1) is 6.04 Å². The topological polar surface area (TPSA) is 55.1 Å². The zero-order valence-electron chi connectivity index (χ0n) is 4.97. The first-order valence-electron chi connectivity index (χ1n) is 2.15. The number of nitrogens with two attached hydrogens (primary N) is 1. The number of halogens is 1. The summed E-state index contributed by atoms with van der Waals surface area (Å²) in [4.78, 5) is 10.1. The van der Waals surface area contributed by atoms with Crippen LogP contribution in [0.5, 0.6) is 0 Å². The number of carbonyl (C=O) groups is 1. The van der Waals surface area contributed by atoms with Crippen molar-refractivity contribution in [3.05, 3.63) is 0 Å². The second kappa shape index (κ2) is 4.87. The van der Waals surface area contributed by atoms with Crippen LogP contribution in [0.1, 0.15) is 6.92 Å². The molecule has 0 aliphatic heterocycles. The molecule has 8 heavy (non-hydrogen) atoms. The fraction of sp³-hybridized carbons (Fsp3) is 0.750. The van der Waals surface area contributed by atoms with Gasteiger partial charge in [0.1, 0.15) is 0 Å². The maximum absolute atomic E-state index is 10.1. The number of hydrogen-bond acceptors (Lipinski definition) is 2. The highest BCUT2D eigenvalue weighted by Gasteiger charge is 2.01. The lowest BCUT2D eigenvalue weighted by atomic mass is 10.3. The van der Waals surface area contributed by atoms with E-state index in [2.05, 4.69) is 5.32 Å². The van der Waals surface area contributed by atoms with Gasteiger partial charge in [0.25, 0.3) is 0 Å². The Hall–Kier alpha value is -0.280. The number of carbonyl (C=O) groups excluding carboxylic acids is 1. The first-order chi connectivity index (χ1) is 3.18. The van der Waals surface area contributed by atoms with Gasteiger partial charge in [-0.15, -0.1) is 12.4 Å². The van der Waals surface area contributed by atoms with Gasteiger partial charge in [-0.25, -0.2) is 0 Å². The maximum Gasteiger partial charge on any atom is 0.234 e. The molecule has 0 spiro atoms. The lowest BCUT2D eigenvalue weighted by molar-refractivity contribution is -0.119. The molecule has 0 aliphatic rings. The summed E-state index contributed by atoms with van der Waals surface area (Å²) in [7, 11) is 1.69. The van der Waals surface area contributed by atoms with Gasteiger partial charge in [-0.3, -0.25) is 4.79 Å². The van der Waals surface area contributed by atoms with Crippen LogP contribution in [0.2, 0.25) is 0 Å². The summed E-state index contributed by atoms with van der Waals surface area (Å²) in [6, 6.07) is -0.208. The van der Waals surface area contributed by atoms with Gasteiger partial charge in [-0.1, -0.05) is 0 Å². The Kier molecular flexibility index (Phi) is 6.48. The molecule has 0 aliphatic carbocycles. The number of primary amides is 1. The van der Waals surface area contributed by atoms with Gasteiger partial charge >= 0.3 is 0 Å². The van der Waals surface area contributed by atoms with E-state index in [0.29, 0.717) is 0 Å². The summed E-state index contributed by atoms with van der Waals surface area (Å²) in [5.74, 6) is -0.317. The van der Waals surface area contributed by atoms with Crippen LogP contribution in [0.3, 0.4) is 0 Å². The minimum Gasteiger partial charge on any atom is -0.368 e. The molecule has 0 heterocycles. The van der Waals surface area contributed by atoms with Crippen molar-refractivity contribution >= 4 is 18.3 Å². The molecule has 1 atom stereocenters. The third kappa shape index (κ3) is 3.89. The first-order valence-corrected chi connectivity index (χ1v) is 2.15. The molecular weight excluding hydrogens is 128 g/mol. The van der Waals surface area contributed by atoms with Crippen LogP contribution >= 0.6 is 12.4 Å². The highest BCUT2D eigenvalue weighted by atomic mass is 35.5. The average Bonchev–Trinajstić information content (AvgIpc) is 1.65. The van der Waals surface area contributed by atoms with Gasteiger partial charge in [0, 0.05) is 0 Å². The SMILES string of the molecule is CNC(C)C(N)=O.Cl. The van der Waals surface area contributed by atoms with Crippen molar-refractivity contribution in [1.29, 1.82) is 0 Å². The van der Waals surface area contributed by atoms with Crippen molar-refractivity contribution in [2.45, 2.75) is 13.0 Å². The van der Waals surface area contributed by atoms with Crippen molar-refractivity contribution in [3.8, 4) is 0 Å². The van der Waals surface area contributed by atoms with E-state index in [0.717, 1.165) is 0 Å². The Morgan fingerprint density at radius 2 is 2.12 bits per heavy atom. The third-order valence-electron chi connectivity index (χ3n) is 0.860. The molecule has 50 valence electrons. The van der Waals surface area contributed by atoms with Gasteiger partial charge in [0.15, 0.2) is 0 Å². The first kappa shape index (κ1) is 10.7. The molecular formula is C4H11ClN2O. The van der Waals surface area contributed by atoms with Crippen LogP contribution in [0.25, 0.3) is 0 Å². The molecule has 1 unspecified atom stereocenters. The molecule has 0 bridgehead atoms. The monoisotopic (exact) mass is 138 g/mol. The van der Waals surface area contributed by atoms with Gasteiger partial charge in [-0.2, -0.15) is 0 Å². The van der Waals surface area contributed by atoms with Crippen LogP contribution < -0.4 is 11.1 Å². The number of hydrogen-bond donors (Lipinski definition) is 2. The van der Waals surface area contributed by atoms with E-state index in [9.17, 15) is 4.79 Å². The highest BCUT2D eigenvalue weighted by Crippen LogP contribution is 1.71. The van der Waals surface area contributed by atoms with Crippen molar-refractivity contribution < 1.29 is 4.79 Å². The molecule has 3 nitrogen and oxygen atoms in total. The second-order valence-corrected chi connectivity index (χ2v) is 1.41. The van der Waals surface area contributed by atoms with Crippen LogP contribution in [0.15, 0.2) is 0 Å². The Bertz CT molecular complexity index is 76.4. The molecule has 0 radical (unpaired) electrons. The molecule has 0 aromatic carbocycles. The number of likely N-dealkylation sites (N-methyl/N-ethyl adjacent to an activating group) is 1. The quantitative estimate of drug-likeness (QED) is 0.541. The van der Waals surface area contributed by atoms with Crippen LogP contribution in [-0.4, -0.2) is 19.0 Å².